The van der Waals surface area contributed by atoms with E-state index < -0.39 is 17.9 Å². The first-order valence-corrected chi connectivity index (χ1v) is 10.3. The molecular formula is C23H17ClN6O4. The Labute approximate surface area is 198 Å². The van der Waals surface area contributed by atoms with E-state index in [0.717, 1.165) is 4.79 Å². The van der Waals surface area contributed by atoms with Gasteiger partial charge in [0.1, 0.15) is 5.69 Å². The van der Waals surface area contributed by atoms with E-state index in [9.17, 15) is 19.5 Å². The lowest BCUT2D eigenvalue weighted by Gasteiger charge is -2.11. The molecule has 0 unspecified atom stereocenters. The Kier molecular flexibility index (Phi) is 6.51. The normalized spacial score (nSPS) is 10.4. The maximum Gasteiger partial charge on any atom is 0.425 e. The number of pyridine rings is 1. The average molecular weight is 477 g/mol. The fourth-order valence-corrected chi connectivity index (χ4v) is 3.36. The zero-order valence-electron chi connectivity index (χ0n) is 17.4. The number of benzene rings is 2. The van der Waals surface area contributed by atoms with E-state index in [0.29, 0.717) is 27.4 Å². The fourth-order valence-electron chi connectivity index (χ4n) is 3.23. The maximum atomic E-state index is 13.2. The van der Waals surface area contributed by atoms with Crippen molar-refractivity contribution in [2.75, 3.05) is 5.43 Å². The van der Waals surface area contributed by atoms with Gasteiger partial charge in [-0.2, -0.15) is 9.89 Å². The van der Waals surface area contributed by atoms with Gasteiger partial charge < -0.3 is 5.11 Å². The summed E-state index contributed by atoms with van der Waals surface area (Å²) in [5.74, 6) is -1.39. The third kappa shape index (κ3) is 4.87. The minimum atomic E-state index is -1.43. The first-order valence-electron chi connectivity index (χ1n) is 9.89. The van der Waals surface area contributed by atoms with Crippen LogP contribution in [0.15, 0.2) is 79.1 Å². The van der Waals surface area contributed by atoms with E-state index in [1.807, 2.05) is 0 Å². The summed E-state index contributed by atoms with van der Waals surface area (Å²) in [4.78, 5) is 41.7. The topological polar surface area (TPSA) is 138 Å². The number of hydrazine groups is 1. The number of rotatable bonds is 5. The molecule has 2 aromatic heterocycles. The minimum Gasteiger partial charge on any atom is -0.464 e. The van der Waals surface area contributed by atoms with Crippen LogP contribution in [0, 0.1) is 0 Å². The van der Waals surface area contributed by atoms with Crippen LogP contribution in [0.2, 0.25) is 5.02 Å². The smallest absolute Gasteiger partial charge is 0.425 e. The van der Waals surface area contributed by atoms with E-state index in [1.165, 1.54) is 18.5 Å². The van der Waals surface area contributed by atoms with Crippen LogP contribution in [-0.2, 0) is 0 Å². The van der Waals surface area contributed by atoms with Gasteiger partial charge in [-0.05, 0) is 29.8 Å². The standard InChI is InChI=1S/C23H17ClN6O4/c24-17-10-8-15(9-11-17)19-18(14-5-2-1-3-6-14)20(30(28-19)29-23(33)34)22(32)27-26-21(31)16-7-4-12-25-13-16/h1-13,29H,(H,26,31)(H,27,32)(H,33,34). The third-order valence-corrected chi connectivity index (χ3v) is 4.95. The highest BCUT2D eigenvalue weighted by Crippen LogP contribution is 2.34. The Balaban J connectivity index is 1.79. The van der Waals surface area contributed by atoms with Crippen LogP contribution >= 0.6 is 11.6 Å². The first kappa shape index (κ1) is 22.5. The predicted molar refractivity (Wildman–Crippen MR) is 125 cm³/mol. The number of carbonyl (C=O) groups excluding carboxylic acids is 2. The molecule has 0 aliphatic heterocycles. The molecule has 0 saturated heterocycles. The van der Waals surface area contributed by atoms with Gasteiger partial charge in [-0.15, -0.1) is 0 Å². The molecule has 0 fully saturated rings. The highest BCUT2D eigenvalue weighted by molar-refractivity contribution is 6.30. The van der Waals surface area contributed by atoms with E-state index in [2.05, 4.69) is 26.4 Å². The summed E-state index contributed by atoms with van der Waals surface area (Å²) >= 11 is 6.01. The molecule has 0 aliphatic rings. The molecule has 11 heteroatoms. The molecule has 0 saturated carbocycles. The van der Waals surface area contributed by atoms with Gasteiger partial charge in [-0.1, -0.05) is 54.1 Å². The van der Waals surface area contributed by atoms with Crippen LogP contribution in [-0.4, -0.2) is 37.9 Å². The van der Waals surface area contributed by atoms with Crippen molar-refractivity contribution >= 4 is 29.5 Å². The number of hydrogen-bond donors (Lipinski definition) is 4. The van der Waals surface area contributed by atoms with Crippen molar-refractivity contribution in [2.45, 2.75) is 0 Å². The molecule has 0 aliphatic carbocycles. The molecule has 34 heavy (non-hydrogen) atoms. The van der Waals surface area contributed by atoms with Gasteiger partial charge in [-0.25, -0.2) is 10.2 Å². The number of carbonyl (C=O) groups is 3. The largest absolute Gasteiger partial charge is 0.464 e. The molecule has 170 valence electrons. The number of amides is 3. The molecule has 0 atom stereocenters. The van der Waals surface area contributed by atoms with E-state index in [-0.39, 0.29) is 11.3 Å². The lowest BCUT2D eigenvalue weighted by atomic mass is 9.98. The summed E-state index contributed by atoms with van der Waals surface area (Å²) in [6.45, 7) is 0. The molecule has 4 rings (SSSR count). The van der Waals surface area contributed by atoms with Gasteiger partial charge in [0.2, 0.25) is 0 Å². The lowest BCUT2D eigenvalue weighted by molar-refractivity contribution is 0.0841. The van der Waals surface area contributed by atoms with Gasteiger partial charge in [0.25, 0.3) is 11.8 Å². The van der Waals surface area contributed by atoms with Crippen LogP contribution in [0.25, 0.3) is 22.4 Å². The number of aromatic nitrogens is 3. The van der Waals surface area contributed by atoms with Crippen molar-refractivity contribution in [1.82, 2.24) is 25.7 Å². The molecule has 0 bridgehead atoms. The van der Waals surface area contributed by atoms with Crippen molar-refractivity contribution in [3.63, 3.8) is 0 Å². The van der Waals surface area contributed by atoms with Crippen molar-refractivity contribution in [1.29, 1.82) is 0 Å². The molecule has 3 amide bonds. The van der Waals surface area contributed by atoms with Crippen molar-refractivity contribution in [3.05, 3.63) is 95.4 Å². The van der Waals surface area contributed by atoms with Crippen molar-refractivity contribution in [2.24, 2.45) is 0 Å². The summed E-state index contributed by atoms with van der Waals surface area (Å²) in [5.41, 5.74) is 8.70. The number of nitrogens with zero attached hydrogens (tertiary/aromatic N) is 3. The molecule has 4 N–H and O–H groups in total. The highest BCUT2D eigenvalue weighted by Gasteiger charge is 2.27. The Morgan fingerprint density at radius 1 is 0.853 bits per heavy atom. The zero-order valence-corrected chi connectivity index (χ0v) is 18.2. The molecular weight excluding hydrogens is 460 g/mol. The Morgan fingerprint density at radius 3 is 2.21 bits per heavy atom. The van der Waals surface area contributed by atoms with Gasteiger partial charge >= 0.3 is 6.09 Å². The summed E-state index contributed by atoms with van der Waals surface area (Å²) in [5, 5.41) is 14.2. The molecule has 2 aromatic carbocycles. The summed E-state index contributed by atoms with van der Waals surface area (Å²) in [6, 6.07) is 18.7. The fraction of sp³-hybridized carbons (Fsp3) is 0. The lowest BCUT2D eigenvalue weighted by Crippen LogP contribution is -2.43. The zero-order chi connectivity index (χ0) is 24.1. The second-order valence-electron chi connectivity index (χ2n) is 6.92. The monoisotopic (exact) mass is 476 g/mol. The minimum absolute atomic E-state index is 0.134. The third-order valence-electron chi connectivity index (χ3n) is 4.70. The van der Waals surface area contributed by atoms with Gasteiger partial charge in [0, 0.05) is 28.5 Å². The number of hydrogen-bond acceptors (Lipinski definition) is 5. The van der Waals surface area contributed by atoms with Crippen LogP contribution < -0.4 is 16.3 Å². The Hall–Kier alpha value is -4.70. The summed E-state index contributed by atoms with van der Waals surface area (Å²) < 4.78 is 0. The van der Waals surface area contributed by atoms with Crippen LogP contribution in [0.5, 0.6) is 0 Å². The van der Waals surface area contributed by atoms with Gasteiger partial charge in [0.15, 0.2) is 5.69 Å². The molecule has 0 radical (unpaired) electrons. The molecule has 0 spiro atoms. The number of nitrogens with one attached hydrogen (secondary N) is 3. The SMILES string of the molecule is O=C(O)Nn1nc(-c2ccc(Cl)cc2)c(-c2ccccc2)c1C(=O)NNC(=O)c1cccnc1. The van der Waals surface area contributed by atoms with Crippen LogP contribution in [0.1, 0.15) is 20.8 Å². The second kappa shape index (κ2) is 9.84. The first-order chi connectivity index (χ1) is 16.4. The predicted octanol–water partition coefficient (Wildman–Crippen LogP) is 3.56. The average Bonchev–Trinajstić information content (AvgIpc) is 3.22. The highest BCUT2D eigenvalue weighted by atomic mass is 35.5. The van der Waals surface area contributed by atoms with Crippen molar-refractivity contribution in [3.8, 4) is 22.4 Å². The summed E-state index contributed by atoms with van der Waals surface area (Å²) in [7, 11) is 0. The number of halogens is 1. The van der Waals surface area contributed by atoms with Gasteiger partial charge in [0.05, 0.1) is 5.56 Å². The summed E-state index contributed by atoms with van der Waals surface area (Å²) in [6.07, 6.45) is 1.42. The molecule has 4 aromatic rings. The Morgan fingerprint density at radius 2 is 1.56 bits per heavy atom. The van der Waals surface area contributed by atoms with Crippen LogP contribution in [0.3, 0.4) is 0 Å². The van der Waals surface area contributed by atoms with E-state index in [4.69, 9.17) is 11.6 Å². The maximum absolute atomic E-state index is 13.2. The van der Waals surface area contributed by atoms with E-state index >= 15 is 0 Å². The second-order valence-corrected chi connectivity index (χ2v) is 7.36. The van der Waals surface area contributed by atoms with E-state index in [1.54, 1.807) is 60.7 Å². The van der Waals surface area contributed by atoms with Crippen molar-refractivity contribution < 1.29 is 19.5 Å². The molecule has 2 heterocycles. The quantitative estimate of drug-likeness (QED) is 0.325. The van der Waals surface area contributed by atoms with Crippen LogP contribution in [0.4, 0.5) is 4.79 Å². The Bertz CT molecular complexity index is 1340. The number of carboxylic acid groups (broad SMARTS) is 1. The molecule has 10 nitrogen and oxygen atoms in total. The van der Waals surface area contributed by atoms with Gasteiger partial charge in [-0.3, -0.25) is 25.4 Å².